The van der Waals surface area contributed by atoms with Crippen molar-refractivity contribution in [3.05, 3.63) is 42.5 Å². The third-order valence-corrected chi connectivity index (χ3v) is 4.36. The van der Waals surface area contributed by atoms with Crippen molar-refractivity contribution in [2.24, 2.45) is 0 Å². The molecule has 1 unspecified atom stereocenters. The summed E-state index contributed by atoms with van der Waals surface area (Å²) in [7, 11) is 0. The highest BCUT2D eigenvalue weighted by atomic mass is 16.2. The summed E-state index contributed by atoms with van der Waals surface area (Å²) < 4.78 is 0. The van der Waals surface area contributed by atoms with Gasteiger partial charge in [-0.15, -0.1) is 0 Å². The second-order valence-electron chi connectivity index (χ2n) is 5.88. The molecule has 1 aliphatic heterocycles. The zero-order valence-corrected chi connectivity index (χ0v) is 12.5. The van der Waals surface area contributed by atoms with E-state index in [2.05, 4.69) is 35.8 Å². The third-order valence-electron chi connectivity index (χ3n) is 4.36. The highest BCUT2D eigenvalue weighted by molar-refractivity contribution is 6.00. The van der Waals surface area contributed by atoms with Crippen LogP contribution >= 0.6 is 0 Å². The molecular formula is C18H22N2O. The van der Waals surface area contributed by atoms with Crippen LogP contribution in [-0.2, 0) is 4.79 Å². The Bertz CT molecular complexity index is 644. The molecule has 3 rings (SSSR count). The Morgan fingerprint density at radius 2 is 2.05 bits per heavy atom. The van der Waals surface area contributed by atoms with E-state index in [4.69, 9.17) is 0 Å². The van der Waals surface area contributed by atoms with Crippen LogP contribution in [0.4, 0.5) is 5.69 Å². The van der Waals surface area contributed by atoms with Gasteiger partial charge in [0, 0.05) is 5.69 Å². The van der Waals surface area contributed by atoms with Crippen molar-refractivity contribution in [1.82, 2.24) is 5.32 Å². The van der Waals surface area contributed by atoms with Gasteiger partial charge in [0.15, 0.2) is 0 Å². The lowest BCUT2D eigenvalue weighted by atomic mass is 9.90. The quantitative estimate of drug-likeness (QED) is 0.897. The molecule has 1 saturated heterocycles. The molecule has 0 saturated carbocycles. The van der Waals surface area contributed by atoms with Crippen LogP contribution in [0.15, 0.2) is 42.5 Å². The fourth-order valence-corrected chi connectivity index (χ4v) is 3.27. The number of benzene rings is 2. The summed E-state index contributed by atoms with van der Waals surface area (Å²) in [5, 5.41) is 8.86. The highest BCUT2D eigenvalue weighted by Crippen LogP contribution is 2.27. The van der Waals surface area contributed by atoms with Crippen LogP contribution in [-0.4, -0.2) is 18.0 Å². The number of fused-ring (bicyclic) bond motifs is 1. The smallest absolute Gasteiger partial charge is 0.244 e. The molecule has 1 fully saturated rings. The van der Waals surface area contributed by atoms with Gasteiger partial charge in [0.25, 0.3) is 0 Å². The third kappa shape index (κ3) is 2.79. The van der Waals surface area contributed by atoms with Gasteiger partial charge in [-0.2, -0.15) is 0 Å². The van der Waals surface area contributed by atoms with Crippen molar-refractivity contribution in [3.8, 4) is 0 Å². The number of hydrogen-bond acceptors (Lipinski definition) is 2. The lowest BCUT2D eigenvalue weighted by Crippen LogP contribution is -2.50. The Labute approximate surface area is 125 Å². The number of amides is 1. The van der Waals surface area contributed by atoms with Crippen LogP contribution < -0.4 is 10.6 Å². The predicted molar refractivity (Wildman–Crippen MR) is 87.5 cm³/mol. The molecule has 0 aromatic heterocycles. The van der Waals surface area contributed by atoms with E-state index in [1.54, 1.807) is 0 Å². The summed E-state index contributed by atoms with van der Waals surface area (Å²) in [5.74, 6) is 0.108. The number of anilines is 1. The first kappa shape index (κ1) is 14.1. The first-order valence-electron chi connectivity index (χ1n) is 7.79. The molecular weight excluding hydrogens is 260 g/mol. The average Bonchev–Trinajstić information content (AvgIpc) is 2.97. The molecule has 2 N–H and O–H groups in total. The predicted octanol–water partition coefficient (Wildman–Crippen LogP) is 3.70. The van der Waals surface area contributed by atoms with Crippen LogP contribution in [0.1, 0.15) is 32.6 Å². The van der Waals surface area contributed by atoms with E-state index >= 15 is 0 Å². The van der Waals surface area contributed by atoms with Crippen LogP contribution in [0.3, 0.4) is 0 Å². The number of rotatable bonds is 4. The van der Waals surface area contributed by atoms with Crippen LogP contribution in [0.25, 0.3) is 10.8 Å². The fourth-order valence-electron chi connectivity index (χ4n) is 3.27. The summed E-state index contributed by atoms with van der Waals surface area (Å²) in [6, 6.07) is 14.3. The van der Waals surface area contributed by atoms with Crippen LogP contribution in [0.2, 0.25) is 0 Å². The van der Waals surface area contributed by atoms with Gasteiger partial charge in [-0.3, -0.25) is 4.79 Å². The Kier molecular flexibility index (Phi) is 3.93. The molecule has 1 amide bonds. The first-order chi connectivity index (χ1) is 10.2. The Morgan fingerprint density at radius 3 is 2.76 bits per heavy atom. The van der Waals surface area contributed by atoms with E-state index in [9.17, 15) is 4.79 Å². The van der Waals surface area contributed by atoms with Gasteiger partial charge in [0.05, 0.1) is 5.54 Å². The topological polar surface area (TPSA) is 41.1 Å². The van der Waals surface area contributed by atoms with Gasteiger partial charge < -0.3 is 10.6 Å². The van der Waals surface area contributed by atoms with Crippen molar-refractivity contribution in [2.45, 2.75) is 38.1 Å². The van der Waals surface area contributed by atoms with Crippen molar-refractivity contribution in [3.63, 3.8) is 0 Å². The highest BCUT2D eigenvalue weighted by Gasteiger charge is 2.39. The minimum absolute atomic E-state index is 0.108. The first-order valence-corrected chi connectivity index (χ1v) is 7.79. The Balaban J connectivity index is 1.82. The minimum atomic E-state index is -0.375. The maximum Gasteiger partial charge on any atom is 0.244 e. The molecule has 0 aliphatic carbocycles. The normalized spacial score (nSPS) is 21.6. The monoisotopic (exact) mass is 282 g/mol. The van der Waals surface area contributed by atoms with Crippen molar-refractivity contribution in [1.29, 1.82) is 0 Å². The molecule has 2 aromatic rings. The molecule has 2 aromatic carbocycles. The molecule has 0 bridgehead atoms. The van der Waals surface area contributed by atoms with E-state index < -0.39 is 0 Å². The Morgan fingerprint density at radius 1 is 1.24 bits per heavy atom. The molecule has 1 aliphatic rings. The number of carbonyl (C=O) groups is 1. The SMILES string of the molecule is CCCC1(C(=O)Nc2ccc3ccccc3c2)CCCN1. The van der Waals surface area contributed by atoms with Gasteiger partial charge >= 0.3 is 0 Å². The maximum absolute atomic E-state index is 12.7. The number of nitrogens with one attached hydrogen (secondary N) is 2. The zero-order chi connectivity index (χ0) is 14.7. The molecule has 0 spiro atoms. The van der Waals surface area contributed by atoms with E-state index in [-0.39, 0.29) is 11.4 Å². The lowest BCUT2D eigenvalue weighted by Gasteiger charge is -2.27. The molecule has 1 atom stereocenters. The molecule has 3 heteroatoms. The van der Waals surface area contributed by atoms with Gasteiger partial charge in [-0.25, -0.2) is 0 Å². The second-order valence-corrected chi connectivity index (χ2v) is 5.88. The van der Waals surface area contributed by atoms with E-state index in [1.807, 2.05) is 24.3 Å². The van der Waals surface area contributed by atoms with Crippen LogP contribution in [0.5, 0.6) is 0 Å². The molecule has 21 heavy (non-hydrogen) atoms. The van der Waals surface area contributed by atoms with E-state index in [1.165, 1.54) is 5.39 Å². The average molecular weight is 282 g/mol. The number of hydrogen-bond donors (Lipinski definition) is 2. The van der Waals surface area contributed by atoms with Gasteiger partial charge in [0.1, 0.15) is 0 Å². The summed E-state index contributed by atoms with van der Waals surface area (Å²) >= 11 is 0. The minimum Gasteiger partial charge on any atom is -0.324 e. The molecule has 0 radical (unpaired) electrons. The van der Waals surface area contributed by atoms with E-state index in [0.717, 1.165) is 43.3 Å². The second kappa shape index (κ2) is 5.86. The fraction of sp³-hybridized carbons (Fsp3) is 0.389. The van der Waals surface area contributed by atoms with Gasteiger partial charge in [0.2, 0.25) is 5.91 Å². The van der Waals surface area contributed by atoms with Gasteiger partial charge in [-0.1, -0.05) is 43.7 Å². The summed E-state index contributed by atoms with van der Waals surface area (Å²) in [6.45, 7) is 3.07. The molecule has 3 nitrogen and oxygen atoms in total. The maximum atomic E-state index is 12.7. The van der Waals surface area contributed by atoms with Crippen LogP contribution in [0, 0.1) is 0 Å². The number of carbonyl (C=O) groups excluding carboxylic acids is 1. The largest absolute Gasteiger partial charge is 0.324 e. The molecule has 1 heterocycles. The van der Waals surface area contributed by atoms with Gasteiger partial charge in [-0.05, 0) is 48.7 Å². The summed E-state index contributed by atoms with van der Waals surface area (Å²) in [4.78, 5) is 12.7. The lowest BCUT2D eigenvalue weighted by molar-refractivity contribution is -0.122. The summed E-state index contributed by atoms with van der Waals surface area (Å²) in [5.41, 5.74) is 0.503. The zero-order valence-electron chi connectivity index (χ0n) is 12.5. The Hall–Kier alpha value is -1.87. The summed E-state index contributed by atoms with van der Waals surface area (Å²) in [6.07, 6.45) is 3.91. The van der Waals surface area contributed by atoms with Crippen molar-refractivity contribution < 1.29 is 4.79 Å². The van der Waals surface area contributed by atoms with Crippen molar-refractivity contribution >= 4 is 22.4 Å². The molecule has 110 valence electrons. The van der Waals surface area contributed by atoms with E-state index in [0.29, 0.717) is 0 Å². The standard InChI is InChI=1S/C18H22N2O/c1-2-10-18(11-5-12-19-18)17(21)20-16-9-8-14-6-3-4-7-15(14)13-16/h3-4,6-9,13,19H,2,5,10-12H2,1H3,(H,20,21). The van der Waals surface area contributed by atoms with Crippen molar-refractivity contribution in [2.75, 3.05) is 11.9 Å².